The summed E-state index contributed by atoms with van der Waals surface area (Å²) in [4.78, 5) is 11.7. The first-order valence-corrected chi connectivity index (χ1v) is 6.22. The molecule has 19 heavy (non-hydrogen) atoms. The quantitative estimate of drug-likeness (QED) is 0.919. The zero-order valence-corrected chi connectivity index (χ0v) is 10.9. The van der Waals surface area contributed by atoms with E-state index in [4.69, 9.17) is 0 Å². The average molecular weight is 261 g/mol. The average Bonchev–Trinajstić information content (AvgIpc) is 2.91. The summed E-state index contributed by atoms with van der Waals surface area (Å²) in [5.41, 5.74) is 0.810. The maximum absolute atomic E-state index is 13.9. The number of hydrogen-bond acceptors (Lipinski definition) is 2. The maximum atomic E-state index is 13.9. The molecule has 0 bridgehead atoms. The van der Waals surface area contributed by atoms with E-state index in [-0.39, 0.29) is 11.8 Å². The minimum absolute atomic E-state index is 0.0890. The second-order valence-electron chi connectivity index (χ2n) is 4.42. The minimum atomic E-state index is -0.425. The Morgan fingerprint density at radius 3 is 2.89 bits per heavy atom. The predicted octanol–water partition coefficient (Wildman–Crippen LogP) is 3.00. The molecule has 1 atom stereocenters. The Hall–Kier alpha value is -2.17. The Balaban J connectivity index is 2.18. The number of carbonyl (C=O) groups is 1. The molecule has 0 spiro atoms. The van der Waals surface area contributed by atoms with Crippen LogP contribution < -0.4 is 5.32 Å². The third kappa shape index (κ3) is 2.99. The van der Waals surface area contributed by atoms with Crippen molar-refractivity contribution in [2.24, 2.45) is 5.92 Å². The number of nitrogens with one attached hydrogen (secondary N) is 1. The number of anilines is 1. The van der Waals surface area contributed by atoms with Gasteiger partial charge in [-0.2, -0.15) is 5.10 Å². The van der Waals surface area contributed by atoms with Crippen LogP contribution in [0.1, 0.15) is 20.3 Å². The van der Waals surface area contributed by atoms with Gasteiger partial charge < -0.3 is 5.32 Å². The van der Waals surface area contributed by atoms with Gasteiger partial charge in [0.2, 0.25) is 5.91 Å². The molecule has 1 amide bonds. The molecule has 1 aromatic heterocycles. The van der Waals surface area contributed by atoms with E-state index in [9.17, 15) is 9.18 Å². The highest BCUT2D eigenvalue weighted by molar-refractivity contribution is 5.92. The number of aromatic nitrogens is 2. The molecule has 0 fully saturated rings. The van der Waals surface area contributed by atoms with Crippen molar-refractivity contribution in [1.29, 1.82) is 0 Å². The van der Waals surface area contributed by atoms with Crippen LogP contribution in [-0.4, -0.2) is 15.7 Å². The molecule has 0 saturated heterocycles. The molecule has 0 aliphatic carbocycles. The lowest BCUT2D eigenvalue weighted by molar-refractivity contribution is -0.119. The number of rotatable bonds is 4. The second-order valence-corrected chi connectivity index (χ2v) is 4.42. The van der Waals surface area contributed by atoms with Crippen molar-refractivity contribution in [3.05, 3.63) is 42.5 Å². The molecule has 2 rings (SSSR count). The predicted molar refractivity (Wildman–Crippen MR) is 71.6 cm³/mol. The van der Waals surface area contributed by atoms with Crippen LogP contribution in [0.2, 0.25) is 0 Å². The summed E-state index contributed by atoms with van der Waals surface area (Å²) in [5, 5.41) is 6.67. The number of hydrogen-bond donors (Lipinski definition) is 1. The Bertz CT molecular complexity index is 566. The van der Waals surface area contributed by atoms with Crippen molar-refractivity contribution in [1.82, 2.24) is 9.78 Å². The van der Waals surface area contributed by atoms with Crippen molar-refractivity contribution < 1.29 is 9.18 Å². The molecule has 2 aromatic rings. The highest BCUT2D eigenvalue weighted by atomic mass is 19.1. The van der Waals surface area contributed by atoms with Gasteiger partial charge in [-0.3, -0.25) is 4.79 Å². The molecule has 0 aliphatic heterocycles. The fourth-order valence-corrected chi connectivity index (χ4v) is 1.63. The number of halogens is 1. The van der Waals surface area contributed by atoms with Crippen LogP contribution in [0.3, 0.4) is 0 Å². The van der Waals surface area contributed by atoms with E-state index < -0.39 is 5.82 Å². The number of carbonyl (C=O) groups excluding carboxylic acids is 1. The summed E-state index contributed by atoms with van der Waals surface area (Å²) in [6.45, 7) is 3.77. The van der Waals surface area contributed by atoms with Crippen LogP contribution in [0.25, 0.3) is 5.69 Å². The molecule has 0 unspecified atom stereocenters. The van der Waals surface area contributed by atoms with Crippen molar-refractivity contribution in [2.45, 2.75) is 20.3 Å². The first-order valence-electron chi connectivity index (χ1n) is 6.22. The van der Waals surface area contributed by atoms with E-state index in [1.54, 1.807) is 30.6 Å². The maximum Gasteiger partial charge on any atom is 0.227 e. The fraction of sp³-hybridized carbons (Fsp3) is 0.286. The van der Waals surface area contributed by atoms with E-state index in [0.29, 0.717) is 11.4 Å². The van der Waals surface area contributed by atoms with Gasteiger partial charge in [0.25, 0.3) is 0 Å². The monoisotopic (exact) mass is 261 g/mol. The van der Waals surface area contributed by atoms with Gasteiger partial charge in [0, 0.05) is 24.0 Å². The van der Waals surface area contributed by atoms with Crippen molar-refractivity contribution in [3.63, 3.8) is 0 Å². The van der Waals surface area contributed by atoms with Gasteiger partial charge in [-0.1, -0.05) is 13.8 Å². The zero-order chi connectivity index (χ0) is 13.8. The van der Waals surface area contributed by atoms with Crippen molar-refractivity contribution >= 4 is 11.6 Å². The summed E-state index contributed by atoms with van der Waals surface area (Å²) < 4.78 is 15.4. The summed E-state index contributed by atoms with van der Waals surface area (Å²) in [6.07, 6.45) is 3.99. The second kappa shape index (κ2) is 5.65. The Morgan fingerprint density at radius 2 is 2.32 bits per heavy atom. The van der Waals surface area contributed by atoms with Crippen LogP contribution in [0.15, 0.2) is 36.7 Å². The topological polar surface area (TPSA) is 46.9 Å². The van der Waals surface area contributed by atoms with E-state index in [2.05, 4.69) is 10.4 Å². The van der Waals surface area contributed by atoms with Gasteiger partial charge in [-0.25, -0.2) is 9.07 Å². The van der Waals surface area contributed by atoms with E-state index in [1.807, 2.05) is 13.8 Å². The van der Waals surface area contributed by atoms with E-state index >= 15 is 0 Å². The summed E-state index contributed by atoms with van der Waals surface area (Å²) in [6, 6.07) is 6.28. The van der Waals surface area contributed by atoms with Gasteiger partial charge in [-0.05, 0) is 30.7 Å². The van der Waals surface area contributed by atoms with Crippen molar-refractivity contribution in [3.8, 4) is 5.69 Å². The molecule has 4 nitrogen and oxygen atoms in total. The van der Waals surface area contributed by atoms with Gasteiger partial charge >= 0.3 is 0 Å². The summed E-state index contributed by atoms with van der Waals surface area (Å²) in [5.74, 6) is -0.617. The summed E-state index contributed by atoms with van der Waals surface area (Å²) in [7, 11) is 0. The van der Waals surface area contributed by atoms with E-state index in [0.717, 1.165) is 6.42 Å². The van der Waals surface area contributed by atoms with Gasteiger partial charge in [-0.15, -0.1) is 0 Å². The van der Waals surface area contributed by atoms with Crippen LogP contribution in [-0.2, 0) is 4.79 Å². The SMILES string of the molecule is CC[C@H](C)C(=O)Nc1ccc(-n2cccn2)c(F)c1. The van der Waals surface area contributed by atoms with Gasteiger partial charge in [0.1, 0.15) is 5.69 Å². The lowest BCUT2D eigenvalue weighted by Gasteiger charge is -2.11. The highest BCUT2D eigenvalue weighted by Gasteiger charge is 2.12. The van der Waals surface area contributed by atoms with E-state index in [1.165, 1.54) is 10.7 Å². The van der Waals surface area contributed by atoms with Crippen molar-refractivity contribution in [2.75, 3.05) is 5.32 Å². The van der Waals surface area contributed by atoms with Crippen LogP contribution in [0.5, 0.6) is 0 Å². The number of nitrogens with zero attached hydrogens (tertiary/aromatic N) is 2. The van der Waals surface area contributed by atoms with Gasteiger partial charge in [0.15, 0.2) is 5.82 Å². The first-order chi connectivity index (χ1) is 9.11. The Kier molecular flexibility index (Phi) is 3.94. The minimum Gasteiger partial charge on any atom is -0.326 e. The van der Waals surface area contributed by atoms with Crippen LogP contribution >= 0.6 is 0 Å². The van der Waals surface area contributed by atoms with Gasteiger partial charge in [0.05, 0.1) is 0 Å². The zero-order valence-electron chi connectivity index (χ0n) is 10.9. The molecule has 5 heteroatoms. The Morgan fingerprint density at radius 1 is 1.53 bits per heavy atom. The summed E-state index contributed by atoms with van der Waals surface area (Å²) >= 11 is 0. The number of benzene rings is 1. The third-order valence-corrected chi connectivity index (χ3v) is 3.03. The Labute approximate surface area is 111 Å². The third-order valence-electron chi connectivity index (χ3n) is 3.03. The highest BCUT2D eigenvalue weighted by Crippen LogP contribution is 2.18. The van der Waals surface area contributed by atoms with Crippen LogP contribution in [0, 0.1) is 11.7 Å². The number of amides is 1. The smallest absolute Gasteiger partial charge is 0.227 e. The fourth-order valence-electron chi connectivity index (χ4n) is 1.63. The lowest BCUT2D eigenvalue weighted by atomic mass is 10.1. The molecule has 1 aromatic carbocycles. The van der Waals surface area contributed by atoms with Crippen LogP contribution in [0.4, 0.5) is 10.1 Å². The molecule has 100 valence electrons. The molecule has 1 heterocycles. The molecular weight excluding hydrogens is 245 g/mol. The standard InChI is InChI=1S/C14H16FN3O/c1-3-10(2)14(19)17-11-5-6-13(12(15)9-11)18-8-4-7-16-18/h4-10H,3H2,1-2H3,(H,17,19)/t10-/m0/s1. The molecular formula is C14H16FN3O. The normalized spacial score (nSPS) is 12.2. The molecule has 0 saturated carbocycles. The molecule has 1 N–H and O–H groups in total. The lowest BCUT2D eigenvalue weighted by Crippen LogP contribution is -2.19. The largest absolute Gasteiger partial charge is 0.326 e. The molecule has 0 aliphatic rings. The molecule has 0 radical (unpaired) electrons. The first kappa shape index (κ1) is 13.3.